The summed E-state index contributed by atoms with van der Waals surface area (Å²) in [6, 6.07) is 0. The molecule has 0 atom stereocenters. The maximum absolute atomic E-state index is 10.9. The first kappa shape index (κ1) is 25.2. The predicted octanol–water partition coefficient (Wildman–Crippen LogP) is 5.82. The molecule has 0 aliphatic heterocycles. The zero-order chi connectivity index (χ0) is 18.5. The Labute approximate surface area is 149 Å². The van der Waals surface area contributed by atoms with E-state index in [1.807, 2.05) is 6.92 Å². The van der Waals surface area contributed by atoms with Crippen molar-refractivity contribution < 1.29 is 19.1 Å². The highest BCUT2D eigenvalue weighted by molar-refractivity contribution is 5.69. The molecule has 0 aromatic carbocycles. The van der Waals surface area contributed by atoms with Crippen LogP contribution in [0.2, 0.25) is 0 Å². The van der Waals surface area contributed by atoms with E-state index in [-0.39, 0.29) is 11.9 Å². The topological polar surface area (TPSA) is 52.6 Å². The van der Waals surface area contributed by atoms with Gasteiger partial charge >= 0.3 is 11.9 Å². The Morgan fingerprint density at radius 1 is 0.625 bits per heavy atom. The van der Waals surface area contributed by atoms with Crippen molar-refractivity contribution in [2.45, 2.75) is 104 Å². The van der Waals surface area contributed by atoms with Crippen molar-refractivity contribution in [1.82, 2.24) is 0 Å². The predicted molar refractivity (Wildman–Crippen MR) is 100 cm³/mol. The minimum atomic E-state index is -0.0782. The van der Waals surface area contributed by atoms with E-state index in [9.17, 15) is 9.59 Å². The first-order valence-electron chi connectivity index (χ1n) is 9.84. The fourth-order valence-corrected chi connectivity index (χ4v) is 2.26. The first-order chi connectivity index (χ1) is 11.6. The number of methoxy groups -OCH3 is 1. The average molecular weight is 345 g/mol. The van der Waals surface area contributed by atoms with Crippen LogP contribution in [0.15, 0.2) is 0 Å². The highest BCUT2D eigenvalue weighted by Crippen LogP contribution is 2.07. The van der Waals surface area contributed by atoms with Gasteiger partial charge in [0.25, 0.3) is 0 Å². The zero-order valence-electron chi connectivity index (χ0n) is 16.5. The van der Waals surface area contributed by atoms with Crippen molar-refractivity contribution in [3.63, 3.8) is 0 Å². The number of ether oxygens (including phenoxy) is 2. The quantitative estimate of drug-likeness (QED) is 0.294. The zero-order valence-corrected chi connectivity index (χ0v) is 16.5. The SMILES string of the molecule is CCCCCCCC(=O)OCC.CCCCCCCCC(=O)OC. The Hall–Kier alpha value is -1.06. The molecule has 0 fully saturated rings. The summed E-state index contributed by atoms with van der Waals surface area (Å²) < 4.78 is 9.35. The number of rotatable bonds is 14. The number of carbonyl (C=O) groups excluding carboxylic acids is 2. The van der Waals surface area contributed by atoms with Gasteiger partial charge < -0.3 is 9.47 Å². The molecule has 4 nitrogen and oxygen atoms in total. The van der Waals surface area contributed by atoms with Gasteiger partial charge in [-0.3, -0.25) is 9.59 Å². The van der Waals surface area contributed by atoms with Crippen LogP contribution in [-0.2, 0) is 19.1 Å². The van der Waals surface area contributed by atoms with Gasteiger partial charge in [-0.05, 0) is 19.8 Å². The molecule has 0 saturated heterocycles. The van der Waals surface area contributed by atoms with Crippen molar-refractivity contribution in [1.29, 1.82) is 0 Å². The van der Waals surface area contributed by atoms with E-state index in [0.717, 1.165) is 25.7 Å². The molecule has 0 heterocycles. The number of esters is 2. The van der Waals surface area contributed by atoms with Crippen LogP contribution in [0.4, 0.5) is 0 Å². The third-order valence-electron chi connectivity index (χ3n) is 3.75. The molecule has 0 unspecified atom stereocenters. The lowest BCUT2D eigenvalue weighted by molar-refractivity contribution is -0.143. The Bertz CT molecular complexity index is 277. The molecule has 0 amide bonds. The maximum atomic E-state index is 10.9. The molecule has 0 bridgehead atoms. The molecular weight excluding hydrogens is 304 g/mol. The maximum Gasteiger partial charge on any atom is 0.305 e. The van der Waals surface area contributed by atoms with Crippen LogP contribution >= 0.6 is 0 Å². The standard InChI is InChI=1S/2C10H20O2/c1-3-4-5-6-7-8-9-10(11)12-2;1-3-5-6-7-8-9-10(11)12-4-2/h2*3-9H2,1-2H3. The molecule has 0 aliphatic carbocycles. The van der Waals surface area contributed by atoms with Gasteiger partial charge in [0.1, 0.15) is 0 Å². The molecule has 4 heteroatoms. The molecule has 0 N–H and O–H groups in total. The van der Waals surface area contributed by atoms with Crippen LogP contribution in [0.1, 0.15) is 104 Å². The van der Waals surface area contributed by atoms with E-state index < -0.39 is 0 Å². The monoisotopic (exact) mass is 344 g/mol. The summed E-state index contributed by atoms with van der Waals surface area (Å²) >= 11 is 0. The van der Waals surface area contributed by atoms with Crippen LogP contribution in [0.25, 0.3) is 0 Å². The summed E-state index contributed by atoms with van der Waals surface area (Å²) in [7, 11) is 1.44. The van der Waals surface area contributed by atoms with Gasteiger partial charge in [-0.25, -0.2) is 0 Å². The Morgan fingerprint density at radius 2 is 1.04 bits per heavy atom. The van der Waals surface area contributed by atoms with E-state index in [1.165, 1.54) is 52.1 Å². The molecule has 0 radical (unpaired) electrons. The van der Waals surface area contributed by atoms with Crippen LogP contribution in [0.3, 0.4) is 0 Å². The molecule has 144 valence electrons. The van der Waals surface area contributed by atoms with Gasteiger partial charge in [0.2, 0.25) is 0 Å². The normalized spacial score (nSPS) is 9.83. The summed E-state index contributed by atoms with van der Waals surface area (Å²) in [5, 5.41) is 0. The number of hydrogen-bond donors (Lipinski definition) is 0. The van der Waals surface area contributed by atoms with E-state index in [4.69, 9.17) is 4.74 Å². The second kappa shape index (κ2) is 21.9. The lowest BCUT2D eigenvalue weighted by atomic mass is 10.1. The van der Waals surface area contributed by atoms with Crippen molar-refractivity contribution in [3.8, 4) is 0 Å². The molecule has 0 saturated carbocycles. The average Bonchev–Trinajstić information content (AvgIpc) is 2.58. The second-order valence-corrected chi connectivity index (χ2v) is 6.06. The molecule has 24 heavy (non-hydrogen) atoms. The summed E-state index contributed by atoms with van der Waals surface area (Å²) in [4.78, 5) is 21.5. The molecule has 0 spiro atoms. The summed E-state index contributed by atoms with van der Waals surface area (Å²) in [5.74, 6) is -0.125. The van der Waals surface area contributed by atoms with E-state index in [1.54, 1.807) is 0 Å². The molecule has 0 aromatic rings. The van der Waals surface area contributed by atoms with Crippen LogP contribution in [0, 0.1) is 0 Å². The Balaban J connectivity index is 0. The van der Waals surface area contributed by atoms with Crippen molar-refractivity contribution in [2.75, 3.05) is 13.7 Å². The van der Waals surface area contributed by atoms with Crippen LogP contribution in [-0.4, -0.2) is 25.7 Å². The largest absolute Gasteiger partial charge is 0.469 e. The third-order valence-corrected chi connectivity index (χ3v) is 3.75. The minimum absolute atomic E-state index is 0.0472. The van der Waals surface area contributed by atoms with Crippen molar-refractivity contribution in [3.05, 3.63) is 0 Å². The van der Waals surface area contributed by atoms with Crippen molar-refractivity contribution >= 4 is 11.9 Å². The Kier molecular flexibility index (Phi) is 23.0. The number of carbonyl (C=O) groups is 2. The lowest BCUT2D eigenvalue weighted by Crippen LogP contribution is -2.02. The third kappa shape index (κ3) is 23.2. The van der Waals surface area contributed by atoms with E-state index in [0.29, 0.717) is 19.4 Å². The fourth-order valence-electron chi connectivity index (χ4n) is 2.26. The van der Waals surface area contributed by atoms with Gasteiger partial charge in [-0.1, -0.05) is 71.6 Å². The highest BCUT2D eigenvalue weighted by Gasteiger charge is 2.00. The smallest absolute Gasteiger partial charge is 0.305 e. The van der Waals surface area contributed by atoms with Gasteiger partial charge in [0.15, 0.2) is 0 Å². The van der Waals surface area contributed by atoms with Gasteiger partial charge in [0, 0.05) is 12.8 Å². The minimum Gasteiger partial charge on any atom is -0.469 e. The molecular formula is C20H40O4. The van der Waals surface area contributed by atoms with Gasteiger partial charge in [0.05, 0.1) is 13.7 Å². The van der Waals surface area contributed by atoms with Crippen molar-refractivity contribution in [2.24, 2.45) is 0 Å². The summed E-state index contributed by atoms with van der Waals surface area (Å²) in [6.07, 6.45) is 14.4. The van der Waals surface area contributed by atoms with Gasteiger partial charge in [-0.2, -0.15) is 0 Å². The van der Waals surface area contributed by atoms with Crippen LogP contribution < -0.4 is 0 Å². The van der Waals surface area contributed by atoms with Gasteiger partial charge in [-0.15, -0.1) is 0 Å². The summed E-state index contributed by atoms with van der Waals surface area (Å²) in [6.45, 7) is 6.74. The first-order valence-corrected chi connectivity index (χ1v) is 9.84. The summed E-state index contributed by atoms with van der Waals surface area (Å²) in [5.41, 5.74) is 0. The molecule has 0 rings (SSSR count). The van der Waals surface area contributed by atoms with E-state index >= 15 is 0 Å². The van der Waals surface area contributed by atoms with Crippen LogP contribution in [0.5, 0.6) is 0 Å². The lowest BCUT2D eigenvalue weighted by Gasteiger charge is -2.00. The molecule has 0 aromatic heterocycles. The molecule has 0 aliphatic rings. The Morgan fingerprint density at radius 3 is 1.46 bits per heavy atom. The fraction of sp³-hybridized carbons (Fsp3) is 0.900. The number of unbranched alkanes of at least 4 members (excludes halogenated alkanes) is 9. The number of hydrogen-bond acceptors (Lipinski definition) is 4. The van der Waals surface area contributed by atoms with E-state index in [2.05, 4.69) is 18.6 Å². The highest BCUT2D eigenvalue weighted by atomic mass is 16.5. The second-order valence-electron chi connectivity index (χ2n) is 6.06.